The number of rotatable bonds is 11. The molecule has 382 valence electrons. The highest BCUT2D eigenvalue weighted by Gasteiger charge is 1.98. The Balaban J connectivity index is 0.000000221. The Kier molecular flexibility index (Phi) is 32.2. The largest absolute Gasteiger partial charge is 0.361 e. The minimum Gasteiger partial charge on any atom is -0.361 e. The smallest absolute Gasteiger partial charge is 0.106 e. The van der Waals surface area contributed by atoms with Gasteiger partial charge in [0, 0.05) is 54.8 Å². The van der Waals surface area contributed by atoms with E-state index in [1.807, 2.05) is 97.7 Å². The van der Waals surface area contributed by atoms with Crippen LogP contribution in [0.2, 0.25) is 0 Å². The predicted molar refractivity (Wildman–Crippen MR) is 315 cm³/mol. The van der Waals surface area contributed by atoms with Crippen molar-refractivity contribution in [2.75, 3.05) is 0 Å². The molecule has 0 saturated heterocycles. The molecule has 0 radical (unpaired) electrons. The van der Waals surface area contributed by atoms with Crippen LogP contribution in [-0.2, 0) is 51.4 Å². The fraction of sp³-hybridized carbons (Fsp3) is 0.284. The molecule has 0 aliphatic carbocycles. The van der Waals surface area contributed by atoms with Gasteiger partial charge in [0.25, 0.3) is 0 Å². The first-order valence-corrected chi connectivity index (χ1v) is 26.7. The van der Waals surface area contributed by atoms with E-state index in [0.717, 1.165) is 61.1 Å². The highest BCUT2D eigenvalue weighted by atomic mass is 14.9. The summed E-state index contributed by atoms with van der Waals surface area (Å²) < 4.78 is 0. The Labute approximate surface area is 439 Å². The van der Waals surface area contributed by atoms with Crippen LogP contribution in [0.5, 0.6) is 0 Å². The molecule has 0 atom stereocenters. The van der Waals surface area contributed by atoms with E-state index >= 15 is 0 Å². The molecule has 0 aliphatic heterocycles. The highest BCUT2D eigenvalue weighted by molar-refractivity contribution is 5.79. The summed E-state index contributed by atoms with van der Waals surface area (Å²) in [5.74, 6) is 1.06. The van der Waals surface area contributed by atoms with Crippen molar-refractivity contribution in [2.24, 2.45) is 0 Å². The van der Waals surface area contributed by atoms with Gasteiger partial charge in [-0.05, 0) is 151 Å². The van der Waals surface area contributed by atoms with Crippen LogP contribution in [0.1, 0.15) is 120 Å². The van der Waals surface area contributed by atoms with Crippen molar-refractivity contribution in [1.82, 2.24) is 29.9 Å². The monoisotopic (exact) mass is 973 g/mol. The Morgan fingerprint density at radius 2 is 0.959 bits per heavy atom. The lowest BCUT2D eigenvalue weighted by Gasteiger charge is -1.96. The lowest BCUT2D eigenvalue weighted by atomic mass is 10.1. The molecule has 5 aromatic carbocycles. The molecule has 0 fully saturated rings. The number of pyridine rings is 3. The van der Waals surface area contributed by atoms with Crippen LogP contribution in [0.3, 0.4) is 0 Å². The molecular formula is C67H84N6. The summed E-state index contributed by atoms with van der Waals surface area (Å²) in [6, 6.07) is 62.4. The predicted octanol–water partition coefficient (Wildman–Crippen LogP) is 17.7. The molecule has 0 bridgehead atoms. The summed E-state index contributed by atoms with van der Waals surface area (Å²) in [6.07, 6.45) is 23.8. The third-order valence-corrected chi connectivity index (χ3v) is 11.5. The number of fused-ring (bicyclic) bond motifs is 2. The van der Waals surface area contributed by atoms with Gasteiger partial charge in [0.1, 0.15) is 5.82 Å². The molecule has 6 heteroatoms. The minimum atomic E-state index is 0.967. The van der Waals surface area contributed by atoms with E-state index in [2.05, 4.69) is 201 Å². The fourth-order valence-electron chi connectivity index (χ4n) is 7.00. The van der Waals surface area contributed by atoms with Gasteiger partial charge in [0.05, 0.1) is 11.0 Å². The summed E-state index contributed by atoms with van der Waals surface area (Å²) in [5.41, 5.74) is 12.9. The standard InChI is InChI=1S/C10H11N.C10H14.C9H10N2.C9H12.C8H10.3C7H9N/c1-2-8-3-4-10-9(7-8)5-6-11-10;1-2-3-7-10-8-5-4-6-9-10;1-2-9-10-7-5-3-4-6-8(7)11-9;1-2-6-9-7-4-3-5-8-9;1-2-8-6-4-3-5-7-8;1-2-7-3-5-8-6-4-7;1-2-7-4-3-5-8-6-7;1-2-7-5-3-4-6-8-7/h3-7,11H,2H2,1H3;4-6,8-9H,2-3,7H2,1H3;3-6H,2H2,1H3,(H,10,11);3-5,7-8H,2,6H2,1H3;3-7H,2H2,1H3;3*3-6H,2H2,1H3. The van der Waals surface area contributed by atoms with Crippen LogP contribution in [0.15, 0.2) is 219 Å². The first kappa shape index (κ1) is 59.9. The van der Waals surface area contributed by atoms with Crippen LogP contribution in [0, 0.1) is 0 Å². The van der Waals surface area contributed by atoms with Crippen molar-refractivity contribution in [3.8, 4) is 0 Å². The number of hydrogen-bond acceptors (Lipinski definition) is 4. The molecule has 10 aromatic rings. The number of para-hydroxylation sites is 2. The third kappa shape index (κ3) is 26.5. The van der Waals surface area contributed by atoms with E-state index in [-0.39, 0.29) is 0 Å². The maximum Gasteiger partial charge on any atom is 0.106 e. The molecule has 5 heterocycles. The van der Waals surface area contributed by atoms with E-state index in [1.54, 1.807) is 6.20 Å². The van der Waals surface area contributed by atoms with Crippen LogP contribution < -0.4 is 0 Å². The van der Waals surface area contributed by atoms with Gasteiger partial charge in [-0.15, -0.1) is 0 Å². The zero-order valence-electron chi connectivity index (χ0n) is 45.4. The van der Waals surface area contributed by atoms with Gasteiger partial charge >= 0.3 is 0 Å². The first-order chi connectivity index (χ1) is 35.9. The fourth-order valence-corrected chi connectivity index (χ4v) is 7.00. The number of benzene rings is 5. The molecule has 0 saturated carbocycles. The van der Waals surface area contributed by atoms with Crippen LogP contribution in [0.4, 0.5) is 0 Å². The number of H-pyrrole nitrogens is 2. The van der Waals surface area contributed by atoms with E-state index in [9.17, 15) is 0 Å². The molecule has 73 heavy (non-hydrogen) atoms. The number of nitrogens with zero attached hydrogens (tertiary/aromatic N) is 4. The maximum atomic E-state index is 4.38. The van der Waals surface area contributed by atoms with E-state index in [1.165, 1.54) is 76.4 Å². The molecule has 10 rings (SSSR count). The molecule has 6 nitrogen and oxygen atoms in total. The first-order valence-electron chi connectivity index (χ1n) is 26.7. The molecule has 0 aliphatic rings. The van der Waals surface area contributed by atoms with Gasteiger partial charge < -0.3 is 9.97 Å². The van der Waals surface area contributed by atoms with Gasteiger partial charge in [-0.2, -0.15) is 0 Å². The van der Waals surface area contributed by atoms with Crippen molar-refractivity contribution >= 4 is 21.9 Å². The number of unbranched alkanes of at least 4 members (excludes halogenated alkanes) is 1. The SMILES string of the molecule is CCCCc1ccccc1.CCCc1ccccc1.CCc1ccc2[nH]ccc2c1.CCc1ccccc1.CCc1ccccn1.CCc1cccnc1.CCc1ccncc1.CCc1nc2ccccc2[nH]1. The second-order valence-electron chi connectivity index (χ2n) is 17.1. The number of imidazole rings is 1. The average Bonchev–Trinajstić information content (AvgIpc) is 4.15. The topological polar surface area (TPSA) is 83.1 Å². The van der Waals surface area contributed by atoms with Gasteiger partial charge in [-0.1, -0.05) is 190 Å². The van der Waals surface area contributed by atoms with E-state index < -0.39 is 0 Å². The summed E-state index contributed by atoms with van der Waals surface area (Å²) in [5, 5.41) is 1.31. The number of aromatic amines is 2. The second kappa shape index (κ2) is 39.2. The molecule has 0 amide bonds. The Bertz CT molecular complexity index is 2580. The Morgan fingerprint density at radius 1 is 0.384 bits per heavy atom. The van der Waals surface area contributed by atoms with Crippen LogP contribution in [0.25, 0.3) is 21.9 Å². The molecule has 0 unspecified atom stereocenters. The van der Waals surface area contributed by atoms with E-state index in [4.69, 9.17) is 0 Å². The zero-order valence-corrected chi connectivity index (χ0v) is 45.4. The van der Waals surface area contributed by atoms with Gasteiger partial charge in [0.2, 0.25) is 0 Å². The summed E-state index contributed by atoms with van der Waals surface area (Å²) in [4.78, 5) is 22.7. The number of aryl methyl sites for hydroxylation is 8. The quantitative estimate of drug-likeness (QED) is 0.135. The number of hydrogen-bond donors (Lipinski definition) is 2. The van der Waals surface area contributed by atoms with Gasteiger partial charge in [-0.25, -0.2) is 4.98 Å². The van der Waals surface area contributed by atoms with Crippen molar-refractivity contribution < 1.29 is 0 Å². The average molecular weight is 973 g/mol. The normalized spacial score (nSPS) is 9.70. The van der Waals surface area contributed by atoms with Crippen LogP contribution >= 0.6 is 0 Å². The van der Waals surface area contributed by atoms with Crippen molar-refractivity contribution in [3.05, 3.63) is 264 Å². The zero-order chi connectivity index (χ0) is 52.4. The summed E-state index contributed by atoms with van der Waals surface area (Å²) in [7, 11) is 0. The number of nitrogens with one attached hydrogen (secondary N) is 2. The van der Waals surface area contributed by atoms with Gasteiger partial charge in [-0.3, -0.25) is 15.0 Å². The molecule has 0 spiro atoms. The van der Waals surface area contributed by atoms with Crippen molar-refractivity contribution in [3.63, 3.8) is 0 Å². The Morgan fingerprint density at radius 3 is 1.44 bits per heavy atom. The number of aromatic nitrogens is 6. The lowest BCUT2D eigenvalue weighted by molar-refractivity contribution is 0.795. The lowest BCUT2D eigenvalue weighted by Crippen LogP contribution is -1.81. The molecular weight excluding hydrogens is 889 g/mol. The molecule has 5 aromatic heterocycles. The third-order valence-electron chi connectivity index (χ3n) is 11.5. The highest BCUT2D eigenvalue weighted by Crippen LogP contribution is 2.14. The minimum absolute atomic E-state index is 0.967. The summed E-state index contributed by atoms with van der Waals surface area (Å²) in [6.45, 7) is 17.2. The van der Waals surface area contributed by atoms with E-state index in [0.29, 0.717) is 0 Å². The second-order valence-corrected chi connectivity index (χ2v) is 17.1. The summed E-state index contributed by atoms with van der Waals surface area (Å²) >= 11 is 0. The van der Waals surface area contributed by atoms with Crippen molar-refractivity contribution in [1.29, 1.82) is 0 Å². The van der Waals surface area contributed by atoms with Crippen molar-refractivity contribution in [2.45, 2.75) is 126 Å². The molecule has 2 N–H and O–H groups in total. The van der Waals surface area contributed by atoms with Gasteiger partial charge in [0.15, 0.2) is 0 Å². The Hall–Kier alpha value is -7.44. The maximum absolute atomic E-state index is 4.38. The van der Waals surface area contributed by atoms with Crippen LogP contribution in [-0.4, -0.2) is 29.9 Å².